The van der Waals surface area contributed by atoms with E-state index >= 15 is 0 Å². The SMILES string of the molecule is CC1CNC2(CCCC2)CN1c1ccc(Br)c(Cl)c1Cl. The first-order valence-electron chi connectivity index (χ1n) is 7.18. The van der Waals surface area contributed by atoms with Gasteiger partial charge in [-0.3, -0.25) is 0 Å². The number of hydrogen-bond acceptors (Lipinski definition) is 2. The Balaban J connectivity index is 1.93. The maximum atomic E-state index is 6.47. The molecule has 2 nitrogen and oxygen atoms in total. The van der Waals surface area contributed by atoms with E-state index in [-0.39, 0.29) is 5.54 Å². The van der Waals surface area contributed by atoms with Crippen molar-refractivity contribution < 1.29 is 0 Å². The molecule has 1 aromatic rings. The molecule has 1 saturated heterocycles. The van der Waals surface area contributed by atoms with Gasteiger partial charge >= 0.3 is 0 Å². The summed E-state index contributed by atoms with van der Waals surface area (Å²) in [7, 11) is 0. The van der Waals surface area contributed by atoms with E-state index in [1.54, 1.807) is 0 Å². The molecule has 1 aromatic carbocycles. The topological polar surface area (TPSA) is 15.3 Å². The van der Waals surface area contributed by atoms with Gasteiger partial charge in [-0.05, 0) is 47.8 Å². The summed E-state index contributed by atoms with van der Waals surface area (Å²) in [5.41, 5.74) is 1.33. The largest absolute Gasteiger partial charge is 0.364 e. The number of hydrogen-bond donors (Lipinski definition) is 1. The monoisotopic (exact) mass is 376 g/mol. The summed E-state index contributed by atoms with van der Waals surface area (Å²) in [6, 6.07) is 4.48. The highest BCUT2D eigenvalue weighted by molar-refractivity contribution is 9.10. The second kappa shape index (κ2) is 5.68. The van der Waals surface area contributed by atoms with Crippen LogP contribution in [0.2, 0.25) is 10.0 Å². The lowest BCUT2D eigenvalue weighted by molar-refractivity contribution is 0.276. The number of benzene rings is 1. The van der Waals surface area contributed by atoms with Crippen molar-refractivity contribution in [3.63, 3.8) is 0 Å². The predicted octanol–water partition coefficient (Wildman–Crippen LogP) is 4.87. The van der Waals surface area contributed by atoms with Gasteiger partial charge < -0.3 is 10.2 Å². The van der Waals surface area contributed by atoms with Crippen molar-refractivity contribution in [1.82, 2.24) is 5.32 Å². The molecule has 2 aliphatic rings. The minimum atomic E-state index is 0.273. The molecule has 0 radical (unpaired) electrons. The van der Waals surface area contributed by atoms with Gasteiger partial charge in [0.15, 0.2) is 0 Å². The number of anilines is 1. The van der Waals surface area contributed by atoms with Crippen LogP contribution in [-0.2, 0) is 0 Å². The van der Waals surface area contributed by atoms with Crippen LogP contribution in [0, 0.1) is 0 Å². The Bertz CT molecular complexity index is 515. The molecule has 1 spiro atoms. The third-order valence-corrected chi connectivity index (χ3v) is 6.42. The zero-order valence-corrected chi connectivity index (χ0v) is 14.7. The smallest absolute Gasteiger partial charge is 0.0837 e. The summed E-state index contributed by atoms with van der Waals surface area (Å²) >= 11 is 16.2. The van der Waals surface area contributed by atoms with E-state index in [2.05, 4.69) is 39.1 Å². The van der Waals surface area contributed by atoms with Crippen molar-refractivity contribution >= 4 is 44.8 Å². The van der Waals surface area contributed by atoms with E-state index in [1.807, 2.05) is 6.07 Å². The molecule has 0 aromatic heterocycles. The fourth-order valence-electron chi connectivity index (χ4n) is 3.46. The second-order valence-electron chi connectivity index (χ2n) is 6.04. The van der Waals surface area contributed by atoms with Gasteiger partial charge in [0, 0.05) is 29.1 Å². The summed E-state index contributed by atoms with van der Waals surface area (Å²) in [6.45, 7) is 4.26. The number of nitrogens with zero attached hydrogens (tertiary/aromatic N) is 1. The van der Waals surface area contributed by atoms with E-state index in [0.717, 1.165) is 23.2 Å². The van der Waals surface area contributed by atoms with Crippen LogP contribution in [0.1, 0.15) is 32.6 Å². The quantitative estimate of drug-likeness (QED) is 0.702. The molecule has 1 saturated carbocycles. The average Bonchev–Trinajstić information content (AvgIpc) is 2.88. The Morgan fingerprint density at radius 3 is 2.65 bits per heavy atom. The van der Waals surface area contributed by atoms with Crippen LogP contribution in [0.5, 0.6) is 0 Å². The van der Waals surface area contributed by atoms with Crippen molar-refractivity contribution in [1.29, 1.82) is 0 Å². The summed E-state index contributed by atoms with van der Waals surface area (Å²) in [6.07, 6.45) is 5.17. The minimum absolute atomic E-state index is 0.273. The van der Waals surface area contributed by atoms with Gasteiger partial charge in [-0.2, -0.15) is 0 Å². The molecule has 1 aliphatic carbocycles. The molecule has 110 valence electrons. The Morgan fingerprint density at radius 2 is 1.95 bits per heavy atom. The average molecular weight is 378 g/mol. The maximum absolute atomic E-state index is 6.47. The van der Waals surface area contributed by atoms with Crippen LogP contribution in [0.15, 0.2) is 16.6 Å². The van der Waals surface area contributed by atoms with E-state index in [1.165, 1.54) is 25.7 Å². The zero-order valence-electron chi connectivity index (χ0n) is 11.6. The molecule has 1 heterocycles. The molecule has 1 N–H and O–H groups in total. The first kappa shape index (κ1) is 15.0. The van der Waals surface area contributed by atoms with E-state index < -0.39 is 0 Å². The lowest BCUT2D eigenvalue weighted by Gasteiger charge is -2.46. The van der Waals surface area contributed by atoms with Gasteiger partial charge in [-0.1, -0.05) is 36.0 Å². The van der Waals surface area contributed by atoms with Gasteiger partial charge in [0.25, 0.3) is 0 Å². The molecule has 0 bridgehead atoms. The number of halogens is 3. The lowest BCUT2D eigenvalue weighted by atomic mass is 9.92. The van der Waals surface area contributed by atoms with Crippen LogP contribution in [0.4, 0.5) is 5.69 Å². The van der Waals surface area contributed by atoms with Gasteiger partial charge in [-0.25, -0.2) is 0 Å². The Labute approximate surface area is 138 Å². The Kier molecular flexibility index (Phi) is 4.24. The van der Waals surface area contributed by atoms with Crippen LogP contribution in [-0.4, -0.2) is 24.7 Å². The van der Waals surface area contributed by atoms with Gasteiger partial charge in [0.2, 0.25) is 0 Å². The number of piperazine rings is 1. The minimum Gasteiger partial charge on any atom is -0.364 e. The molecule has 1 atom stereocenters. The molecule has 1 aliphatic heterocycles. The standard InChI is InChI=1S/C15H19BrCl2N2/c1-10-8-19-15(6-2-3-7-15)9-20(10)12-5-4-11(16)13(17)14(12)18/h4-5,10,19H,2-3,6-9H2,1H3. The van der Waals surface area contributed by atoms with Crippen LogP contribution >= 0.6 is 39.1 Å². The van der Waals surface area contributed by atoms with Crippen LogP contribution in [0.25, 0.3) is 0 Å². The maximum Gasteiger partial charge on any atom is 0.0837 e. The van der Waals surface area contributed by atoms with Gasteiger partial charge in [0.1, 0.15) is 0 Å². The summed E-state index contributed by atoms with van der Waals surface area (Å²) in [5, 5.41) is 5.02. The molecule has 3 rings (SSSR count). The highest BCUT2D eigenvalue weighted by Gasteiger charge is 2.40. The second-order valence-corrected chi connectivity index (χ2v) is 7.65. The van der Waals surface area contributed by atoms with E-state index in [4.69, 9.17) is 23.2 Å². The van der Waals surface area contributed by atoms with Crippen LogP contribution < -0.4 is 10.2 Å². The zero-order chi connectivity index (χ0) is 14.3. The number of nitrogens with one attached hydrogen (secondary N) is 1. The summed E-state index contributed by atoms with van der Waals surface area (Å²) < 4.78 is 0.853. The summed E-state index contributed by atoms with van der Waals surface area (Å²) in [5.74, 6) is 0. The lowest BCUT2D eigenvalue weighted by Crippen LogP contribution is -2.62. The Hall–Kier alpha value is 0.0400. The fraction of sp³-hybridized carbons (Fsp3) is 0.600. The first-order valence-corrected chi connectivity index (χ1v) is 8.72. The first-order chi connectivity index (χ1) is 9.52. The molecule has 5 heteroatoms. The molecule has 1 unspecified atom stereocenters. The number of rotatable bonds is 1. The highest BCUT2D eigenvalue weighted by Crippen LogP contribution is 2.41. The Morgan fingerprint density at radius 1 is 1.25 bits per heavy atom. The van der Waals surface area contributed by atoms with Crippen LogP contribution in [0.3, 0.4) is 0 Å². The molecule has 0 amide bonds. The molecular weight excluding hydrogens is 359 g/mol. The third kappa shape index (κ3) is 2.58. The molecule has 20 heavy (non-hydrogen) atoms. The third-order valence-electron chi connectivity index (χ3n) is 4.66. The predicted molar refractivity (Wildman–Crippen MR) is 90.2 cm³/mol. The van der Waals surface area contributed by atoms with Crippen molar-refractivity contribution in [2.75, 3.05) is 18.0 Å². The van der Waals surface area contributed by atoms with Crippen molar-refractivity contribution in [2.45, 2.75) is 44.2 Å². The highest BCUT2D eigenvalue weighted by atomic mass is 79.9. The van der Waals surface area contributed by atoms with E-state index in [9.17, 15) is 0 Å². The molecule has 2 fully saturated rings. The van der Waals surface area contributed by atoms with Crippen molar-refractivity contribution in [2.24, 2.45) is 0 Å². The van der Waals surface area contributed by atoms with E-state index in [0.29, 0.717) is 16.1 Å². The summed E-state index contributed by atoms with van der Waals surface area (Å²) in [4.78, 5) is 2.42. The van der Waals surface area contributed by atoms with Gasteiger partial charge in [0.05, 0.1) is 15.7 Å². The normalized spacial score (nSPS) is 25.4. The van der Waals surface area contributed by atoms with Gasteiger partial charge in [-0.15, -0.1) is 0 Å². The molecular formula is C15H19BrCl2N2. The van der Waals surface area contributed by atoms with Crippen molar-refractivity contribution in [3.8, 4) is 0 Å². The fourth-order valence-corrected chi connectivity index (χ4v) is 4.34. The van der Waals surface area contributed by atoms with Crippen molar-refractivity contribution in [3.05, 3.63) is 26.7 Å².